The molecule has 0 unspecified atom stereocenters. The Bertz CT molecular complexity index is 511. The number of nitrogens with zero attached hydrogens (tertiary/aromatic N) is 1. The van der Waals surface area contributed by atoms with Gasteiger partial charge in [-0.3, -0.25) is 0 Å². The van der Waals surface area contributed by atoms with Crippen molar-refractivity contribution in [2.24, 2.45) is 0 Å². The van der Waals surface area contributed by atoms with Gasteiger partial charge in [0.05, 0.1) is 12.8 Å². The Hall–Kier alpha value is -1.55. The Morgan fingerprint density at radius 3 is 2.50 bits per heavy atom. The van der Waals surface area contributed by atoms with E-state index in [0.29, 0.717) is 4.88 Å². The summed E-state index contributed by atoms with van der Waals surface area (Å²) in [5.41, 5.74) is 2.06. The first-order valence-electron chi connectivity index (χ1n) is 4.96. The third-order valence-electron chi connectivity index (χ3n) is 2.59. The van der Waals surface area contributed by atoms with Gasteiger partial charge >= 0.3 is 5.97 Å². The molecule has 0 spiro atoms. The van der Waals surface area contributed by atoms with Crippen molar-refractivity contribution in [2.75, 3.05) is 7.11 Å². The summed E-state index contributed by atoms with van der Waals surface area (Å²) in [6.07, 6.45) is 3.86. The first-order valence-corrected chi connectivity index (χ1v) is 5.78. The molecule has 4 heteroatoms. The standard InChI is InChI=1S/C12H13NO2S/c1-8-9(2)16-11(12(14)15-3)10(8)13-6-4-5-7-13/h4-7H,1-3H3. The van der Waals surface area contributed by atoms with E-state index in [2.05, 4.69) is 0 Å². The topological polar surface area (TPSA) is 31.2 Å². The minimum Gasteiger partial charge on any atom is -0.465 e. The number of ether oxygens (including phenoxy) is 1. The van der Waals surface area contributed by atoms with Gasteiger partial charge in [-0.15, -0.1) is 11.3 Å². The van der Waals surface area contributed by atoms with Gasteiger partial charge in [0, 0.05) is 17.3 Å². The van der Waals surface area contributed by atoms with Gasteiger partial charge in [-0.05, 0) is 31.5 Å². The second-order valence-electron chi connectivity index (χ2n) is 3.54. The van der Waals surface area contributed by atoms with Crippen molar-refractivity contribution in [3.63, 3.8) is 0 Å². The summed E-state index contributed by atoms with van der Waals surface area (Å²) in [4.78, 5) is 13.5. The largest absolute Gasteiger partial charge is 0.465 e. The quantitative estimate of drug-likeness (QED) is 0.749. The molecule has 0 N–H and O–H groups in total. The van der Waals surface area contributed by atoms with Gasteiger partial charge < -0.3 is 9.30 Å². The van der Waals surface area contributed by atoms with Crippen LogP contribution in [0.3, 0.4) is 0 Å². The molecule has 2 aromatic heterocycles. The zero-order valence-electron chi connectivity index (χ0n) is 9.48. The lowest BCUT2D eigenvalue weighted by Crippen LogP contribution is -2.04. The molecule has 0 radical (unpaired) electrons. The monoisotopic (exact) mass is 235 g/mol. The maximum atomic E-state index is 11.7. The van der Waals surface area contributed by atoms with Crippen LogP contribution in [0.5, 0.6) is 0 Å². The number of carbonyl (C=O) groups excluding carboxylic acids is 1. The molecule has 0 amide bonds. The van der Waals surface area contributed by atoms with Gasteiger partial charge in [0.1, 0.15) is 4.88 Å². The molecule has 0 bridgehead atoms. The van der Waals surface area contributed by atoms with Crippen LogP contribution in [0.2, 0.25) is 0 Å². The molecule has 0 aliphatic carbocycles. The molecule has 0 saturated heterocycles. The van der Waals surface area contributed by atoms with Crippen LogP contribution in [-0.4, -0.2) is 17.6 Å². The van der Waals surface area contributed by atoms with Crippen LogP contribution in [0.15, 0.2) is 24.5 Å². The average molecular weight is 235 g/mol. The number of esters is 1. The fourth-order valence-electron chi connectivity index (χ4n) is 1.64. The number of methoxy groups -OCH3 is 1. The van der Waals surface area contributed by atoms with Crippen LogP contribution in [0.4, 0.5) is 0 Å². The molecule has 0 fully saturated rings. The lowest BCUT2D eigenvalue weighted by molar-refractivity contribution is 0.0606. The minimum atomic E-state index is -0.273. The van der Waals surface area contributed by atoms with Gasteiger partial charge in [0.2, 0.25) is 0 Å². The number of thiophene rings is 1. The van der Waals surface area contributed by atoms with Crippen LogP contribution < -0.4 is 0 Å². The SMILES string of the molecule is COC(=O)c1sc(C)c(C)c1-n1cccc1. The lowest BCUT2D eigenvalue weighted by atomic mass is 10.2. The van der Waals surface area contributed by atoms with Gasteiger partial charge in [-0.2, -0.15) is 0 Å². The summed E-state index contributed by atoms with van der Waals surface area (Å²) in [6, 6.07) is 3.88. The number of hydrogen-bond acceptors (Lipinski definition) is 3. The molecule has 3 nitrogen and oxygen atoms in total. The van der Waals surface area contributed by atoms with E-state index in [4.69, 9.17) is 4.74 Å². The van der Waals surface area contributed by atoms with E-state index in [0.717, 1.165) is 16.1 Å². The smallest absolute Gasteiger partial charge is 0.350 e. The molecule has 0 saturated carbocycles. The molecule has 2 heterocycles. The summed E-state index contributed by atoms with van der Waals surface area (Å²) in [5.74, 6) is -0.273. The first-order chi connectivity index (χ1) is 7.65. The van der Waals surface area contributed by atoms with Crippen molar-refractivity contribution in [1.82, 2.24) is 4.57 Å². The molecule has 0 aliphatic heterocycles. The van der Waals surface area contributed by atoms with Crippen molar-refractivity contribution in [3.8, 4) is 5.69 Å². The van der Waals surface area contributed by atoms with Crippen molar-refractivity contribution in [2.45, 2.75) is 13.8 Å². The third kappa shape index (κ3) is 1.65. The summed E-state index contributed by atoms with van der Waals surface area (Å²) < 4.78 is 6.75. The molecular weight excluding hydrogens is 222 g/mol. The molecule has 84 valence electrons. The Kier molecular flexibility index (Phi) is 2.83. The van der Waals surface area contributed by atoms with Crippen LogP contribution in [0.1, 0.15) is 20.1 Å². The van der Waals surface area contributed by atoms with Gasteiger partial charge in [0.25, 0.3) is 0 Å². The highest BCUT2D eigenvalue weighted by molar-refractivity contribution is 7.14. The Balaban J connectivity index is 2.63. The Morgan fingerprint density at radius 2 is 1.94 bits per heavy atom. The van der Waals surface area contributed by atoms with E-state index in [1.54, 1.807) is 0 Å². The van der Waals surface area contributed by atoms with Crippen molar-refractivity contribution in [1.29, 1.82) is 0 Å². The molecular formula is C12H13NO2S. The van der Waals surface area contributed by atoms with E-state index in [9.17, 15) is 4.79 Å². The van der Waals surface area contributed by atoms with Crippen molar-refractivity contribution < 1.29 is 9.53 Å². The molecule has 2 aromatic rings. The van der Waals surface area contributed by atoms with Gasteiger partial charge in [-0.1, -0.05) is 0 Å². The second-order valence-corrected chi connectivity index (χ2v) is 4.77. The van der Waals surface area contributed by atoms with E-state index in [-0.39, 0.29) is 5.97 Å². The van der Waals surface area contributed by atoms with Crippen LogP contribution in [0.25, 0.3) is 5.69 Å². The predicted octanol–water partition coefficient (Wildman–Crippen LogP) is 2.94. The maximum Gasteiger partial charge on any atom is 0.350 e. The number of rotatable bonds is 2. The van der Waals surface area contributed by atoms with E-state index in [1.807, 2.05) is 42.9 Å². The summed E-state index contributed by atoms with van der Waals surface area (Å²) >= 11 is 1.48. The van der Waals surface area contributed by atoms with E-state index >= 15 is 0 Å². The molecule has 0 aromatic carbocycles. The summed E-state index contributed by atoms with van der Waals surface area (Å²) in [7, 11) is 1.41. The minimum absolute atomic E-state index is 0.273. The summed E-state index contributed by atoms with van der Waals surface area (Å²) in [6.45, 7) is 4.03. The number of aryl methyl sites for hydroxylation is 1. The molecule has 2 rings (SSSR count). The predicted molar refractivity (Wildman–Crippen MR) is 64.5 cm³/mol. The number of aromatic nitrogens is 1. The van der Waals surface area contributed by atoms with Crippen LogP contribution in [-0.2, 0) is 4.74 Å². The summed E-state index contributed by atoms with van der Waals surface area (Å²) in [5, 5.41) is 0. The Labute approximate surface area is 98.3 Å². The lowest BCUT2D eigenvalue weighted by Gasteiger charge is -2.05. The Morgan fingerprint density at radius 1 is 1.31 bits per heavy atom. The highest BCUT2D eigenvalue weighted by Crippen LogP contribution is 2.31. The average Bonchev–Trinajstić information content (AvgIpc) is 2.87. The third-order valence-corrected chi connectivity index (χ3v) is 3.76. The highest BCUT2D eigenvalue weighted by Gasteiger charge is 2.20. The fourth-order valence-corrected chi connectivity index (χ4v) is 2.72. The van der Waals surface area contributed by atoms with Crippen LogP contribution >= 0.6 is 11.3 Å². The van der Waals surface area contributed by atoms with Gasteiger partial charge in [0.15, 0.2) is 0 Å². The van der Waals surface area contributed by atoms with Gasteiger partial charge in [-0.25, -0.2) is 4.79 Å². The number of hydrogen-bond donors (Lipinski definition) is 0. The molecule has 0 atom stereocenters. The molecule has 0 aliphatic rings. The molecule has 16 heavy (non-hydrogen) atoms. The first kappa shape index (κ1) is 11.0. The maximum absolute atomic E-state index is 11.7. The van der Waals surface area contributed by atoms with Crippen LogP contribution in [0, 0.1) is 13.8 Å². The zero-order valence-corrected chi connectivity index (χ0v) is 10.3. The van der Waals surface area contributed by atoms with E-state index in [1.165, 1.54) is 18.4 Å². The van der Waals surface area contributed by atoms with Crippen molar-refractivity contribution >= 4 is 17.3 Å². The van der Waals surface area contributed by atoms with E-state index < -0.39 is 0 Å². The van der Waals surface area contributed by atoms with Crippen molar-refractivity contribution in [3.05, 3.63) is 39.8 Å². The zero-order chi connectivity index (χ0) is 11.7. The second kappa shape index (κ2) is 4.14. The fraction of sp³-hybridized carbons (Fsp3) is 0.250. The number of carbonyl (C=O) groups is 1. The highest BCUT2D eigenvalue weighted by atomic mass is 32.1. The normalized spacial score (nSPS) is 10.4.